The number of carboxylic acids is 2. The maximum absolute atomic E-state index is 11.8. The highest BCUT2D eigenvalue weighted by molar-refractivity contribution is 5.93. The van der Waals surface area contributed by atoms with Crippen LogP contribution in [0.3, 0.4) is 0 Å². The Morgan fingerprint density at radius 2 is 1.07 bits per heavy atom. The van der Waals surface area contributed by atoms with Crippen molar-refractivity contribution >= 4 is 11.9 Å². The monoisotopic (exact) mass is 388 g/mol. The Labute approximate surface area is 170 Å². The molecule has 2 unspecified atom stereocenters. The number of benzene rings is 1. The number of hydrogen-bond donors (Lipinski definition) is 0. The van der Waals surface area contributed by atoms with E-state index in [-0.39, 0.29) is 11.1 Å². The Bertz CT molecular complexity index is 604. The summed E-state index contributed by atoms with van der Waals surface area (Å²) in [7, 11) is 0. The van der Waals surface area contributed by atoms with E-state index in [0.717, 1.165) is 25.7 Å². The molecule has 0 fully saturated rings. The zero-order chi connectivity index (χ0) is 21.4. The number of carboxylic acid groups (broad SMARTS) is 2. The van der Waals surface area contributed by atoms with Gasteiger partial charge in [-0.3, -0.25) is 0 Å². The highest BCUT2D eigenvalue weighted by Crippen LogP contribution is 2.30. The zero-order valence-electron chi connectivity index (χ0n) is 18.3. The standard InChI is InChI=1S/C24H38O4/c1-7-17(11-15(3)4)13-21-19(23(25)26)9-10-20(24(27)28)22(21)14-18(8-2)12-16(5)6/h9-10,15-18H,7-8,11-14H2,1-6H3,(H,25,26)(H,27,28)/p-2. The molecule has 1 aromatic carbocycles. The molecule has 1 aromatic rings. The first kappa shape index (κ1) is 24.2. The second-order valence-electron chi connectivity index (χ2n) is 8.91. The predicted octanol–water partition coefficient (Wildman–Crippen LogP) is 3.64. The zero-order valence-corrected chi connectivity index (χ0v) is 18.3. The smallest absolute Gasteiger partial charge is 0.0718 e. The van der Waals surface area contributed by atoms with Crippen molar-refractivity contribution in [3.8, 4) is 0 Å². The number of aromatic carboxylic acids is 2. The SMILES string of the molecule is CCC(Cc1c(C(=O)[O-])ccc(C(=O)[O-])c1CC(CC)CC(C)C)CC(C)C. The van der Waals surface area contributed by atoms with Gasteiger partial charge in [0, 0.05) is 11.1 Å². The van der Waals surface area contributed by atoms with Gasteiger partial charge < -0.3 is 19.8 Å². The van der Waals surface area contributed by atoms with Crippen molar-refractivity contribution in [2.45, 2.75) is 80.1 Å². The fourth-order valence-corrected chi connectivity index (χ4v) is 4.24. The van der Waals surface area contributed by atoms with Gasteiger partial charge in [-0.05, 0) is 60.5 Å². The van der Waals surface area contributed by atoms with Crippen LogP contribution in [0.1, 0.15) is 99.1 Å². The van der Waals surface area contributed by atoms with E-state index < -0.39 is 11.9 Å². The molecule has 0 amide bonds. The fourth-order valence-electron chi connectivity index (χ4n) is 4.24. The largest absolute Gasteiger partial charge is 0.545 e. The van der Waals surface area contributed by atoms with Crippen LogP contribution in [-0.4, -0.2) is 11.9 Å². The van der Waals surface area contributed by atoms with E-state index in [9.17, 15) is 19.8 Å². The molecule has 0 aromatic heterocycles. The molecule has 0 heterocycles. The third kappa shape index (κ3) is 6.96. The summed E-state index contributed by atoms with van der Waals surface area (Å²) in [4.78, 5) is 23.6. The summed E-state index contributed by atoms with van der Waals surface area (Å²) in [5, 5.41) is 23.6. The van der Waals surface area contributed by atoms with Crippen molar-refractivity contribution in [3.05, 3.63) is 34.4 Å². The highest BCUT2D eigenvalue weighted by atomic mass is 16.4. The topological polar surface area (TPSA) is 80.3 Å². The van der Waals surface area contributed by atoms with E-state index >= 15 is 0 Å². The molecule has 0 aliphatic rings. The first-order valence-corrected chi connectivity index (χ1v) is 10.7. The lowest BCUT2D eigenvalue weighted by Crippen LogP contribution is -2.29. The summed E-state index contributed by atoms with van der Waals surface area (Å²) in [6, 6.07) is 2.76. The molecule has 1 rings (SSSR count). The van der Waals surface area contributed by atoms with E-state index in [4.69, 9.17) is 0 Å². The van der Waals surface area contributed by atoms with Crippen LogP contribution in [0.2, 0.25) is 0 Å². The van der Waals surface area contributed by atoms with Crippen molar-refractivity contribution in [3.63, 3.8) is 0 Å². The molecule has 28 heavy (non-hydrogen) atoms. The third-order valence-electron chi connectivity index (χ3n) is 5.62. The van der Waals surface area contributed by atoms with Crippen LogP contribution in [0, 0.1) is 23.7 Å². The van der Waals surface area contributed by atoms with Crippen molar-refractivity contribution in [1.29, 1.82) is 0 Å². The summed E-state index contributed by atoms with van der Waals surface area (Å²) in [6.45, 7) is 12.8. The average molecular weight is 389 g/mol. The van der Waals surface area contributed by atoms with E-state index in [0.29, 0.717) is 47.6 Å². The molecule has 0 bridgehead atoms. The minimum absolute atomic E-state index is 0.126. The van der Waals surface area contributed by atoms with Crippen LogP contribution < -0.4 is 10.2 Å². The summed E-state index contributed by atoms with van der Waals surface area (Å²) >= 11 is 0. The molecule has 0 aliphatic heterocycles. The molecule has 0 radical (unpaired) electrons. The van der Waals surface area contributed by atoms with Crippen LogP contribution in [0.4, 0.5) is 0 Å². The molecule has 4 nitrogen and oxygen atoms in total. The molecule has 0 saturated heterocycles. The fraction of sp³-hybridized carbons (Fsp3) is 0.667. The lowest BCUT2D eigenvalue weighted by Gasteiger charge is -2.27. The first-order chi connectivity index (χ1) is 13.1. The quantitative estimate of drug-likeness (QED) is 0.547. The maximum Gasteiger partial charge on any atom is 0.0718 e. The van der Waals surface area contributed by atoms with Crippen LogP contribution >= 0.6 is 0 Å². The second-order valence-corrected chi connectivity index (χ2v) is 8.91. The van der Waals surface area contributed by atoms with Gasteiger partial charge in [0.05, 0.1) is 11.9 Å². The molecular formula is C24H36O4-2. The normalized spacial score (nSPS) is 13.7. The van der Waals surface area contributed by atoms with Crippen molar-refractivity contribution in [1.82, 2.24) is 0 Å². The van der Waals surface area contributed by atoms with Gasteiger partial charge in [0.15, 0.2) is 0 Å². The predicted molar refractivity (Wildman–Crippen MR) is 109 cm³/mol. The molecule has 4 heteroatoms. The highest BCUT2D eigenvalue weighted by Gasteiger charge is 2.21. The maximum atomic E-state index is 11.8. The molecular weight excluding hydrogens is 352 g/mol. The Kier molecular flexibility index (Phi) is 9.71. The number of rotatable bonds is 12. The van der Waals surface area contributed by atoms with E-state index in [1.807, 2.05) is 0 Å². The summed E-state index contributed by atoms with van der Waals surface area (Å²) in [6.07, 6.45) is 4.91. The first-order valence-electron chi connectivity index (χ1n) is 10.7. The van der Waals surface area contributed by atoms with Gasteiger partial charge in [0.1, 0.15) is 0 Å². The van der Waals surface area contributed by atoms with Gasteiger partial charge in [0.25, 0.3) is 0 Å². The molecule has 158 valence electrons. The minimum atomic E-state index is -1.24. The van der Waals surface area contributed by atoms with Gasteiger partial charge in [-0.2, -0.15) is 0 Å². The van der Waals surface area contributed by atoms with Crippen molar-refractivity contribution in [2.24, 2.45) is 23.7 Å². The van der Waals surface area contributed by atoms with Crippen LogP contribution in [0.5, 0.6) is 0 Å². The lowest BCUT2D eigenvalue weighted by atomic mass is 9.80. The number of hydrogen-bond acceptors (Lipinski definition) is 4. The summed E-state index contributed by atoms with van der Waals surface area (Å²) in [5.41, 5.74) is 1.52. The number of carbonyl (C=O) groups excluding carboxylic acids is 2. The molecule has 0 N–H and O–H groups in total. The van der Waals surface area contributed by atoms with Crippen LogP contribution in [-0.2, 0) is 12.8 Å². The van der Waals surface area contributed by atoms with Crippen LogP contribution in [0.25, 0.3) is 0 Å². The van der Waals surface area contributed by atoms with Crippen LogP contribution in [0.15, 0.2) is 12.1 Å². The minimum Gasteiger partial charge on any atom is -0.545 e. The van der Waals surface area contributed by atoms with E-state index in [2.05, 4.69) is 41.5 Å². The lowest BCUT2D eigenvalue weighted by molar-refractivity contribution is -0.256. The number of carbonyl (C=O) groups is 2. The average Bonchev–Trinajstić information content (AvgIpc) is 2.59. The van der Waals surface area contributed by atoms with E-state index in [1.165, 1.54) is 12.1 Å². The Hall–Kier alpha value is -1.84. The second kappa shape index (κ2) is 11.2. The van der Waals surface area contributed by atoms with Crippen molar-refractivity contribution < 1.29 is 19.8 Å². The van der Waals surface area contributed by atoms with Crippen molar-refractivity contribution in [2.75, 3.05) is 0 Å². The Morgan fingerprint density at radius 3 is 1.29 bits per heavy atom. The van der Waals surface area contributed by atoms with E-state index in [1.54, 1.807) is 0 Å². The molecule has 0 spiro atoms. The van der Waals surface area contributed by atoms with Gasteiger partial charge >= 0.3 is 0 Å². The molecule has 0 saturated carbocycles. The Balaban J connectivity index is 3.50. The van der Waals surface area contributed by atoms with Gasteiger partial charge in [-0.15, -0.1) is 0 Å². The third-order valence-corrected chi connectivity index (χ3v) is 5.62. The summed E-state index contributed by atoms with van der Waals surface area (Å²) in [5.74, 6) is -0.880. The summed E-state index contributed by atoms with van der Waals surface area (Å²) < 4.78 is 0. The van der Waals surface area contributed by atoms with Gasteiger partial charge in [-0.1, -0.05) is 66.5 Å². The van der Waals surface area contributed by atoms with Gasteiger partial charge in [0.2, 0.25) is 0 Å². The Morgan fingerprint density at radius 1 is 0.750 bits per heavy atom. The molecule has 2 atom stereocenters. The molecule has 0 aliphatic carbocycles. The van der Waals surface area contributed by atoms with Gasteiger partial charge in [-0.25, -0.2) is 0 Å².